The zero-order valence-corrected chi connectivity index (χ0v) is 13.1. The first-order valence-corrected chi connectivity index (χ1v) is 8.15. The molecule has 0 spiro atoms. The number of likely N-dealkylation sites (tertiary alicyclic amines) is 1. The summed E-state index contributed by atoms with van der Waals surface area (Å²) in [5.41, 5.74) is -0.265. The van der Waals surface area contributed by atoms with Gasteiger partial charge in [0, 0.05) is 6.54 Å². The van der Waals surface area contributed by atoms with E-state index < -0.39 is 5.60 Å². The number of hydrogen-bond donors (Lipinski definition) is 1. The molecular weight excluding hydrogens is 252 g/mol. The monoisotopic (exact) mass is 280 g/mol. The first kappa shape index (κ1) is 14.2. The molecule has 114 valence electrons. The lowest BCUT2D eigenvalue weighted by Gasteiger charge is -2.55. The Labute approximate surface area is 122 Å². The van der Waals surface area contributed by atoms with Gasteiger partial charge in [-0.05, 0) is 77.8 Å². The van der Waals surface area contributed by atoms with Crippen molar-refractivity contribution < 1.29 is 9.53 Å². The predicted molar refractivity (Wildman–Crippen MR) is 78.6 cm³/mol. The van der Waals surface area contributed by atoms with Crippen LogP contribution in [0.5, 0.6) is 0 Å². The van der Waals surface area contributed by atoms with Crippen molar-refractivity contribution >= 4 is 6.09 Å². The van der Waals surface area contributed by atoms with Crippen LogP contribution in [0.1, 0.15) is 52.9 Å². The van der Waals surface area contributed by atoms with Crippen LogP contribution >= 0.6 is 0 Å². The minimum atomic E-state index is -0.395. The minimum absolute atomic E-state index is 0.0850. The fourth-order valence-corrected chi connectivity index (χ4v) is 4.54. The lowest BCUT2D eigenvalue weighted by molar-refractivity contribution is -0.0577. The second-order valence-electron chi connectivity index (χ2n) is 7.67. The molecule has 1 aliphatic carbocycles. The lowest BCUT2D eigenvalue weighted by atomic mass is 9.58. The molecule has 2 heterocycles. The van der Waals surface area contributed by atoms with E-state index in [1.54, 1.807) is 0 Å². The maximum absolute atomic E-state index is 12.6. The molecule has 3 aliphatic rings. The molecule has 0 aromatic carbocycles. The maximum atomic E-state index is 12.6. The number of hydrogen-bond acceptors (Lipinski definition) is 3. The quantitative estimate of drug-likeness (QED) is 0.803. The molecule has 3 rings (SSSR count). The smallest absolute Gasteiger partial charge is 0.410 e. The molecule has 20 heavy (non-hydrogen) atoms. The average molecular weight is 280 g/mol. The highest BCUT2D eigenvalue weighted by Gasteiger charge is 2.60. The largest absolute Gasteiger partial charge is 0.444 e. The Kier molecular flexibility index (Phi) is 3.47. The zero-order chi connectivity index (χ0) is 14.4. The van der Waals surface area contributed by atoms with E-state index in [-0.39, 0.29) is 11.6 Å². The van der Waals surface area contributed by atoms with E-state index >= 15 is 0 Å². The molecule has 0 aromatic heterocycles. The summed E-state index contributed by atoms with van der Waals surface area (Å²) in [5.74, 6) is 1.38. The Bertz CT molecular complexity index is 384. The van der Waals surface area contributed by atoms with Crippen LogP contribution in [0.2, 0.25) is 0 Å². The van der Waals surface area contributed by atoms with Crippen LogP contribution in [0, 0.1) is 11.8 Å². The first-order valence-electron chi connectivity index (χ1n) is 8.15. The molecule has 2 unspecified atom stereocenters. The lowest BCUT2D eigenvalue weighted by Crippen LogP contribution is -2.62. The number of nitrogens with one attached hydrogen (secondary N) is 1. The normalized spacial score (nSPS) is 34.5. The van der Waals surface area contributed by atoms with Crippen LogP contribution in [0.25, 0.3) is 0 Å². The van der Waals surface area contributed by atoms with E-state index in [2.05, 4.69) is 10.2 Å². The third kappa shape index (κ3) is 2.22. The Hall–Kier alpha value is -0.770. The molecule has 3 fully saturated rings. The van der Waals surface area contributed by atoms with Gasteiger partial charge in [-0.1, -0.05) is 0 Å². The van der Waals surface area contributed by atoms with Gasteiger partial charge < -0.3 is 15.0 Å². The summed E-state index contributed by atoms with van der Waals surface area (Å²) in [4.78, 5) is 14.7. The third-order valence-electron chi connectivity index (χ3n) is 5.46. The van der Waals surface area contributed by atoms with E-state index in [0.29, 0.717) is 5.92 Å². The Morgan fingerprint density at radius 2 is 1.80 bits per heavy atom. The molecule has 0 bridgehead atoms. The summed E-state index contributed by atoms with van der Waals surface area (Å²) < 4.78 is 5.66. The zero-order valence-electron chi connectivity index (χ0n) is 13.1. The van der Waals surface area contributed by atoms with Crippen LogP contribution in [-0.2, 0) is 4.74 Å². The van der Waals surface area contributed by atoms with Crippen LogP contribution in [0.15, 0.2) is 0 Å². The molecule has 2 atom stereocenters. The second kappa shape index (κ2) is 4.90. The topological polar surface area (TPSA) is 41.6 Å². The number of nitrogens with zero attached hydrogens (tertiary/aromatic N) is 1. The van der Waals surface area contributed by atoms with E-state index in [9.17, 15) is 4.79 Å². The number of ether oxygens (including phenoxy) is 1. The molecular formula is C16H28N2O2. The molecule has 1 N–H and O–H groups in total. The molecule has 1 amide bonds. The van der Waals surface area contributed by atoms with Gasteiger partial charge in [0.25, 0.3) is 0 Å². The average Bonchev–Trinajstić information content (AvgIpc) is 2.61. The first-order chi connectivity index (χ1) is 9.43. The van der Waals surface area contributed by atoms with Gasteiger partial charge in [0.2, 0.25) is 0 Å². The molecule has 0 aromatic rings. The van der Waals surface area contributed by atoms with E-state index in [1.165, 1.54) is 32.1 Å². The summed E-state index contributed by atoms with van der Waals surface area (Å²) in [6.45, 7) is 8.95. The van der Waals surface area contributed by atoms with Crippen molar-refractivity contribution in [3.05, 3.63) is 0 Å². The van der Waals surface area contributed by atoms with Gasteiger partial charge >= 0.3 is 6.09 Å². The summed E-state index contributed by atoms with van der Waals surface area (Å²) in [6.07, 6.45) is 5.97. The summed E-state index contributed by atoms with van der Waals surface area (Å²) in [6, 6.07) is 0. The Morgan fingerprint density at radius 3 is 2.35 bits per heavy atom. The van der Waals surface area contributed by atoms with Crippen molar-refractivity contribution in [1.29, 1.82) is 0 Å². The fourth-order valence-electron chi connectivity index (χ4n) is 4.54. The highest BCUT2D eigenvalue weighted by Crippen LogP contribution is 2.56. The van der Waals surface area contributed by atoms with Crippen molar-refractivity contribution in [2.24, 2.45) is 11.8 Å². The van der Waals surface area contributed by atoms with Gasteiger partial charge in [-0.15, -0.1) is 0 Å². The van der Waals surface area contributed by atoms with E-state index in [4.69, 9.17) is 4.74 Å². The highest BCUT2D eigenvalue weighted by atomic mass is 16.6. The van der Waals surface area contributed by atoms with Gasteiger partial charge in [-0.2, -0.15) is 0 Å². The molecule has 0 radical (unpaired) electrons. The number of carbonyl (C=O) groups excluding carboxylic acids is 1. The third-order valence-corrected chi connectivity index (χ3v) is 5.46. The minimum Gasteiger partial charge on any atom is -0.444 e. The van der Waals surface area contributed by atoms with Crippen molar-refractivity contribution in [1.82, 2.24) is 10.2 Å². The number of carbonyl (C=O) groups is 1. The van der Waals surface area contributed by atoms with E-state index in [0.717, 1.165) is 25.6 Å². The van der Waals surface area contributed by atoms with Crippen molar-refractivity contribution in [2.75, 3.05) is 19.6 Å². The van der Waals surface area contributed by atoms with Crippen molar-refractivity contribution in [3.8, 4) is 0 Å². The van der Waals surface area contributed by atoms with Crippen LogP contribution in [0.4, 0.5) is 4.79 Å². The molecule has 2 saturated heterocycles. The molecule has 4 nitrogen and oxygen atoms in total. The molecule has 2 aliphatic heterocycles. The number of fused-ring (bicyclic) bond motifs is 1. The Morgan fingerprint density at radius 1 is 1.15 bits per heavy atom. The van der Waals surface area contributed by atoms with Gasteiger partial charge in [0.15, 0.2) is 0 Å². The van der Waals surface area contributed by atoms with Crippen molar-refractivity contribution in [3.63, 3.8) is 0 Å². The Balaban J connectivity index is 1.78. The van der Waals surface area contributed by atoms with Gasteiger partial charge in [0.05, 0.1) is 5.54 Å². The molecule has 4 heteroatoms. The SMILES string of the molecule is CC(C)(C)OC(=O)N1CCC2CCC21C1CCNCC1. The van der Waals surface area contributed by atoms with Gasteiger partial charge in [-0.25, -0.2) is 4.79 Å². The van der Waals surface area contributed by atoms with Gasteiger partial charge in [-0.3, -0.25) is 0 Å². The van der Waals surface area contributed by atoms with Crippen LogP contribution in [-0.4, -0.2) is 41.8 Å². The van der Waals surface area contributed by atoms with Gasteiger partial charge in [0.1, 0.15) is 5.60 Å². The van der Waals surface area contributed by atoms with Crippen LogP contribution in [0.3, 0.4) is 0 Å². The molecule has 1 saturated carbocycles. The van der Waals surface area contributed by atoms with E-state index in [1.807, 2.05) is 20.8 Å². The fraction of sp³-hybridized carbons (Fsp3) is 0.938. The summed E-state index contributed by atoms with van der Waals surface area (Å²) >= 11 is 0. The number of piperidine rings is 1. The highest BCUT2D eigenvalue weighted by molar-refractivity contribution is 5.70. The second-order valence-corrected chi connectivity index (χ2v) is 7.67. The number of rotatable bonds is 1. The summed E-state index contributed by atoms with van der Waals surface area (Å²) in [5, 5.41) is 3.44. The summed E-state index contributed by atoms with van der Waals surface area (Å²) in [7, 11) is 0. The number of amides is 1. The maximum Gasteiger partial charge on any atom is 0.410 e. The predicted octanol–water partition coefficient (Wildman–Crippen LogP) is 2.78. The van der Waals surface area contributed by atoms with Crippen molar-refractivity contribution in [2.45, 2.75) is 64.0 Å². The standard InChI is InChI=1S/C16H28N2O2/c1-15(2,3)20-14(19)18-11-7-12-4-8-16(12,18)13-5-9-17-10-6-13/h12-13,17H,4-11H2,1-3H3. The van der Waals surface area contributed by atoms with Crippen LogP contribution < -0.4 is 5.32 Å².